The Labute approximate surface area is 137 Å². The van der Waals surface area contributed by atoms with Crippen molar-refractivity contribution in [1.29, 1.82) is 0 Å². The van der Waals surface area contributed by atoms with Crippen LogP contribution in [0.15, 0.2) is 36.4 Å². The molecule has 0 amide bonds. The lowest BCUT2D eigenvalue weighted by Gasteiger charge is -2.22. The van der Waals surface area contributed by atoms with E-state index in [1.807, 2.05) is 45.9 Å². The molecule has 2 aromatic carbocycles. The molecule has 0 heterocycles. The number of ether oxygens (including phenoxy) is 2. The molecular weight excluding hydrogens is 288 g/mol. The maximum atomic E-state index is 9.56. The fourth-order valence-corrected chi connectivity index (χ4v) is 2.23. The number of benzene rings is 2. The molecule has 0 atom stereocenters. The van der Waals surface area contributed by atoms with Gasteiger partial charge >= 0.3 is 0 Å². The van der Waals surface area contributed by atoms with E-state index in [2.05, 4.69) is 11.8 Å². The Hall–Kier alpha value is -2.60. The van der Waals surface area contributed by atoms with Gasteiger partial charge in [-0.15, -0.1) is 5.92 Å². The fraction of sp³-hybridized carbons (Fsp3) is 0.300. The summed E-state index contributed by atoms with van der Waals surface area (Å²) >= 11 is 0. The summed E-state index contributed by atoms with van der Waals surface area (Å²) in [5, 5.41) is 9.56. The molecule has 0 spiro atoms. The molecule has 0 aliphatic carbocycles. The molecule has 3 nitrogen and oxygen atoms in total. The van der Waals surface area contributed by atoms with E-state index >= 15 is 0 Å². The van der Waals surface area contributed by atoms with Gasteiger partial charge in [0.15, 0.2) is 5.60 Å². The van der Waals surface area contributed by atoms with Gasteiger partial charge in [-0.1, -0.05) is 5.92 Å². The van der Waals surface area contributed by atoms with Crippen LogP contribution >= 0.6 is 0 Å². The van der Waals surface area contributed by atoms with Crippen LogP contribution in [-0.4, -0.2) is 10.7 Å². The fourth-order valence-electron chi connectivity index (χ4n) is 2.23. The van der Waals surface area contributed by atoms with Crippen LogP contribution in [-0.2, 0) is 0 Å². The van der Waals surface area contributed by atoms with Crippen LogP contribution in [0.3, 0.4) is 0 Å². The van der Waals surface area contributed by atoms with E-state index < -0.39 is 5.60 Å². The molecule has 3 heteroatoms. The van der Waals surface area contributed by atoms with Crippen molar-refractivity contribution < 1.29 is 14.6 Å². The van der Waals surface area contributed by atoms with Gasteiger partial charge in [-0.25, -0.2) is 0 Å². The summed E-state index contributed by atoms with van der Waals surface area (Å²) < 4.78 is 11.8. The lowest BCUT2D eigenvalue weighted by Crippen LogP contribution is -2.26. The van der Waals surface area contributed by atoms with Crippen molar-refractivity contribution in [2.45, 2.75) is 40.2 Å². The number of aromatic hydroxyl groups is 1. The van der Waals surface area contributed by atoms with E-state index in [9.17, 15) is 5.11 Å². The summed E-state index contributed by atoms with van der Waals surface area (Å²) in [5.74, 6) is 8.37. The normalized spacial score (nSPS) is 10.7. The Morgan fingerprint density at radius 1 is 0.957 bits per heavy atom. The predicted molar refractivity (Wildman–Crippen MR) is 92.3 cm³/mol. The van der Waals surface area contributed by atoms with Crippen LogP contribution in [0.5, 0.6) is 23.0 Å². The maximum absolute atomic E-state index is 9.56. The average molecular weight is 310 g/mol. The van der Waals surface area contributed by atoms with E-state index in [4.69, 9.17) is 9.47 Å². The minimum Gasteiger partial charge on any atom is -0.508 e. The van der Waals surface area contributed by atoms with E-state index in [0.717, 1.165) is 22.6 Å². The molecule has 0 saturated heterocycles. The second-order valence-electron chi connectivity index (χ2n) is 5.97. The second kappa shape index (κ2) is 6.66. The highest BCUT2D eigenvalue weighted by Gasteiger charge is 2.17. The molecule has 0 saturated carbocycles. The molecule has 0 bridgehead atoms. The molecular formula is C20H22O3. The summed E-state index contributed by atoms with van der Waals surface area (Å²) in [6.45, 7) is 9.48. The van der Waals surface area contributed by atoms with Crippen molar-refractivity contribution in [1.82, 2.24) is 0 Å². The van der Waals surface area contributed by atoms with Gasteiger partial charge in [-0.05, 0) is 82.1 Å². The van der Waals surface area contributed by atoms with Gasteiger partial charge in [0.05, 0.1) is 0 Å². The lowest BCUT2D eigenvalue weighted by atomic mass is 10.1. The number of rotatable bonds is 4. The molecule has 120 valence electrons. The molecule has 0 radical (unpaired) electrons. The predicted octanol–water partition coefficient (Wildman–Crippen LogP) is 4.98. The van der Waals surface area contributed by atoms with Crippen molar-refractivity contribution in [3.8, 4) is 34.8 Å². The molecule has 2 rings (SSSR count). The zero-order chi connectivity index (χ0) is 17.0. The highest BCUT2D eigenvalue weighted by atomic mass is 16.5. The number of phenols is 1. The summed E-state index contributed by atoms with van der Waals surface area (Å²) in [6, 6.07) is 10.8. The van der Waals surface area contributed by atoms with E-state index in [0.29, 0.717) is 5.75 Å². The quantitative estimate of drug-likeness (QED) is 0.809. The Kier molecular flexibility index (Phi) is 4.86. The summed E-state index contributed by atoms with van der Waals surface area (Å²) in [6.07, 6.45) is 0. The average Bonchev–Trinajstić information content (AvgIpc) is 2.46. The summed E-state index contributed by atoms with van der Waals surface area (Å²) in [5.41, 5.74) is 1.22. The Morgan fingerprint density at radius 3 is 2.13 bits per heavy atom. The Morgan fingerprint density at radius 2 is 1.57 bits per heavy atom. The largest absolute Gasteiger partial charge is 0.508 e. The van der Waals surface area contributed by atoms with Crippen molar-refractivity contribution in [3.05, 3.63) is 47.5 Å². The molecule has 0 unspecified atom stereocenters. The second-order valence-corrected chi connectivity index (χ2v) is 5.97. The number of aryl methyl sites for hydroxylation is 2. The highest BCUT2D eigenvalue weighted by Crippen LogP contribution is 2.31. The summed E-state index contributed by atoms with van der Waals surface area (Å²) in [4.78, 5) is 0. The van der Waals surface area contributed by atoms with Gasteiger partial charge < -0.3 is 14.6 Å². The number of phenolic OH excluding ortho intramolecular Hbond substituents is 1. The Balaban J connectivity index is 2.18. The third-order valence-electron chi connectivity index (χ3n) is 3.34. The standard InChI is InChI=1S/C20H22O3/c1-6-11-20(4,5)23-19-10-8-17(13-15(19)3)22-16-7-9-18(21)14(2)12-16/h7-10,12-13,21H,1-5H3. The topological polar surface area (TPSA) is 38.7 Å². The Bertz CT molecular complexity index is 764. The summed E-state index contributed by atoms with van der Waals surface area (Å²) in [7, 11) is 0. The minimum atomic E-state index is -0.532. The maximum Gasteiger partial charge on any atom is 0.163 e. The smallest absolute Gasteiger partial charge is 0.163 e. The third kappa shape index (κ3) is 4.43. The molecule has 0 aliphatic heterocycles. The van der Waals surface area contributed by atoms with Gasteiger partial charge in [-0.3, -0.25) is 0 Å². The van der Waals surface area contributed by atoms with Gasteiger partial charge in [0.1, 0.15) is 23.0 Å². The van der Waals surface area contributed by atoms with E-state index in [1.165, 1.54) is 0 Å². The first-order chi connectivity index (χ1) is 10.8. The van der Waals surface area contributed by atoms with Crippen molar-refractivity contribution >= 4 is 0 Å². The highest BCUT2D eigenvalue weighted by molar-refractivity contribution is 5.44. The van der Waals surface area contributed by atoms with Gasteiger partial charge in [0.25, 0.3) is 0 Å². The lowest BCUT2D eigenvalue weighted by molar-refractivity contribution is 0.171. The molecule has 0 aromatic heterocycles. The van der Waals surface area contributed by atoms with Crippen LogP contribution in [0.25, 0.3) is 0 Å². The van der Waals surface area contributed by atoms with E-state index in [-0.39, 0.29) is 5.75 Å². The molecule has 2 aromatic rings. The van der Waals surface area contributed by atoms with Crippen molar-refractivity contribution in [2.24, 2.45) is 0 Å². The van der Waals surface area contributed by atoms with Gasteiger partial charge in [-0.2, -0.15) is 0 Å². The molecule has 0 fully saturated rings. The van der Waals surface area contributed by atoms with E-state index in [1.54, 1.807) is 25.1 Å². The van der Waals surface area contributed by atoms with Crippen LogP contribution in [0.1, 0.15) is 31.9 Å². The molecule has 23 heavy (non-hydrogen) atoms. The monoisotopic (exact) mass is 310 g/mol. The number of hydrogen-bond acceptors (Lipinski definition) is 3. The van der Waals surface area contributed by atoms with Crippen LogP contribution < -0.4 is 9.47 Å². The first-order valence-electron chi connectivity index (χ1n) is 7.52. The number of hydrogen-bond donors (Lipinski definition) is 1. The van der Waals surface area contributed by atoms with Gasteiger partial charge in [0, 0.05) is 0 Å². The first kappa shape index (κ1) is 16.8. The molecule has 0 aliphatic rings. The minimum absolute atomic E-state index is 0.261. The van der Waals surface area contributed by atoms with Crippen LogP contribution in [0.2, 0.25) is 0 Å². The zero-order valence-corrected chi connectivity index (χ0v) is 14.2. The SMILES string of the molecule is CC#CC(C)(C)Oc1ccc(Oc2ccc(O)c(C)c2)cc1C. The zero-order valence-electron chi connectivity index (χ0n) is 14.2. The van der Waals surface area contributed by atoms with Crippen LogP contribution in [0.4, 0.5) is 0 Å². The molecule has 1 N–H and O–H groups in total. The first-order valence-corrected chi connectivity index (χ1v) is 7.52. The van der Waals surface area contributed by atoms with Gasteiger partial charge in [0.2, 0.25) is 0 Å². The van der Waals surface area contributed by atoms with Crippen molar-refractivity contribution in [2.75, 3.05) is 0 Å². The third-order valence-corrected chi connectivity index (χ3v) is 3.34. The van der Waals surface area contributed by atoms with Crippen LogP contribution in [0, 0.1) is 25.7 Å². The van der Waals surface area contributed by atoms with Crippen molar-refractivity contribution in [3.63, 3.8) is 0 Å².